The normalized spacial score (nSPS) is 10.8. The van der Waals surface area contributed by atoms with Crippen molar-refractivity contribution in [3.8, 4) is 22.6 Å². The van der Waals surface area contributed by atoms with Gasteiger partial charge < -0.3 is 19.9 Å². The van der Waals surface area contributed by atoms with Crippen LogP contribution >= 0.6 is 11.3 Å². The fourth-order valence-corrected chi connectivity index (χ4v) is 4.22. The van der Waals surface area contributed by atoms with Crippen molar-refractivity contribution in [1.82, 2.24) is 19.9 Å². The molecule has 33 heavy (non-hydrogen) atoms. The lowest BCUT2D eigenvalue weighted by Gasteiger charge is -2.08. The van der Waals surface area contributed by atoms with E-state index in [-0.39, 0.29) is 7.33 Å². The number of carbonyl (C=O) groups is 1. The van der Waals surface area contributed by atoms with Gasteiger partial charge in [-0.25, -0.2) is 4.98 Å². The molecule has 0 aliphatic rings. The van der Waals surface area contributed by atoms with E-state index in [9.17, 15) is 4.79 Å². The van der Waals surface area contributed by atoms with E-state index in [1.807, 2.05) is 41.9 Å². The molecule has 0 bridgehead atoms. The van der Waals surface area contributed by atoms with Gasteiger partial charge in [-0.05, 0) is 58.3 Å². The highest BCUT2D eigenvalue weighted by molar-refractivity contribution is 7.08. The summed E-state index contributed by atoms with van der Waals surface area (Å²) in [6.45, 7) is 0. The summed E-state index contributed by atoms with van der Waals surface area (Å²) in [5, 5.41) is 10.2. The predicted molar refractivity (Wildman–Crippen MR) is 134 cm³/mol. The second-order valence-corrected chi connectivity index (χ2v) is 8.20. The molecule has 0 fully saturated rings. The van der Waals surface area contributed by atoms with Crippen LogP contribution < -0.4 is 15.4 Å². The van der Waals surface area contributed by atoms with Crippen molar-refractivity contribution < 1.29 is 11.0 Å². The SMILES string of the molecule is CNC(=O)c1cc(Oc2ccc3c(c2)nc(Nc2cccc(-c4ccsc4)c2)n3C)ccn1.[HH]. The number of rotatable bonds is 6. The zero-order valence-electron chi connectivity index (χ0n) is 18.1. The van der Waals surface area contributed by atoms with Crippen LogP contribution in [0.15, 0.2) is 77.6 Å². The number of nitrogens with one attached hydrogen (secondary N) is 2. The van der Waals surface area contributed by atoms with Gasteiger partial charge in [-0.3, -0.25) is 9.78 Å². The summed E-state index contributed by atoms with van der Waals surface area (Å²) >= 11 is 1.68. The summed E-state index contributed by atoms with van der Waals surface area (Å²) in [5.41, 5.74) is 5.39. The van der Waals surface area contributed by atoms with Crippen molar-refractivity contribution in [1.29, 1.82) is 0 Å². The molecule has 0 atom stereocenters. The first-order valence-electron chi connectivity index (χ1n) is 10.3. The Morgan fingerprint density at radius 1 is 1.06 bits per heavy atom. The fourth-order valence-electron chi connectivity index (χ4n) is 3.55. The van der Waals surface area contributed by atoms with Gasteiger partial charge in [-0.2, -0.15) is 11.3 Å². The summed E-state index contributed by atoms with van der Waals surface area (Å²) in [5.74, 6) is 1.62. The van der Waals surface area contributed by atoms with Gasteiger partial charge in [0.2, 0.25) is 5.95 Å². The fraction of sp³-hybridized carbons (Fsp3) is 0.0800. The number of aryl methyl sites for hydroxylation is 1. The first kappa shape index (κ1) is 20.7. The zero-order valence-corrected chi connectivity index (χ0v) is 18.9. The molecular formula is C25H23N5O2S. The Morgan fingerprint density at radius 2 is 1.94 bits per heavy atom. The van der Waals surface area contributed by atoms with Gasteiger partial charge in [0.1, 0.15) is 17.2 Å². The second kappa shape index (κ2) is 8.76. The number of carbonyl (C=O) groups excluding carboxylic acids is 1. The Balaban J connectivity index is 0.00000274. The molecule has 8 heteroatoms. The van der Waals surface area contributed by atoms with Gasteiger partial charge in [0.25, 0.3) is 5.91 Å². The van der Waals surface area contributed by atoms with E-state index in [1.165, 1.54) is 5.56 Å². The molecule has 5 aromatic rings. The van der Waals surface area contributed by atoms with Gasteiger partial charge in [-0.1, -0.05) is 12.1 Å². The maximum atomic E-state index is 11.8. The van der Waals surface area contributed by atoms with Crippen LogP contribution in [0.25, 0.3) is 22.2 Å². The first-order chi connectivity index (χ1) is 16.1. The van der Waals surface area contributed by atoms with E-state index >= 15 is 0 Å². The Morgan fingerprint density at radius 3 is 2.76 bits per heavy atom. The van der Waals surface area contributed by atoms with Crippen molar-refractivity contribution in [2.24, 2.45) is 7.05 Å². The molecule has 0 aliphatic heterocycles. The zero-order chi connectivity index (χ0) is 22.8. The summed E-state index contributed by atoms with van der Waals surface area (Å²) < 4.78 is 7.96. The smallest absolute Gasteiger partial charge is 0.269 e. The maximum absolute atomic E-state index is 11.8. The monoisotopic (exact) mass is 457 g/mol. The average Bonchev–Trinajstić information content (AvgIpc) is 3.48. The van der Waals surface area contributed by atoms with Gasteiger partial charge in [0.05, 0.1) is 11.0 Å². The third kappa shape index (κ3) is 4.28. The highest BCUT2D eigenvalue weighted by atomic mass is 32.1. The molecule has 1 amide bonds. The number of hydrogen-bond acceptors (Lipinski definition) is 6. The number of imidazole rings is 1. The molecule has 3 aromatic heterocycles. The number of amides is 1. The van der Waals surface area contributed by atoms with Crippen LogP contribution in [0.2, 0.25) is 0 Å². The molecule has 5 rings (SSSR count). The van der Waals surface area contributed by atoms with Crippen LogP contribution in [0.3, 0.4) is 0 Å². The van der Waals surface area contributed by atoms with E-state index in [0.29, 0.717) is 17.2 Å². The number of thiophene rings is 1. The van der Waals surface area contributed by atoms with Crippen LogP contribution in [-0.2, 0) is 7.05 Å². The topological polar surface area (TPSA) is 81.1 Å². The first-order valence-corrected chi connectivity index (χ1v) is 11.3. The Labute approximate surface area is 196 Å². The van der Waals surface area contributed by atoms with E-state index in [2.05, 4.69) is 44.6 Å². The minimum absolute atomic E-state index is 0. The van der Waals surface area contributed by atoms with Gasteiger partial charge in [0, 0.05) is 39.5 Å². The highest BCUT2D eigenvalue weighted by Gasteiger charge is 2.11. The molecule has 0 unspecified atom stereocenters. The number of benzene rings is 2. The highest BCUT2D eigenvalue weighted by Crippen LogP contribution is 2.30. The standard InChI is InChI=1S/C25H21N5O2S.H2/c1-26-24(31)22-14-20(8-10-27-22)32-19-6-7-23-21(13-19)29-25(30(23)2)28-18-5-3-4-16(12-18)17-9-11-33-15-17;/h3-15H,1-2H3,(H,26,31)(H,28,29);1H. The summed E-state index contributed by atoms with van der Waals surface area (Å²) in [6, 6.07) is 19.4. The van der Waals surface area contributed by atoms with Crippen LogP contribution in [-0.4, -0.2) is 27.5 Å². The van der Waals surface area contributed by atoms with Crippen LogP contribution in [0.5, 0.6) is 11.5 Å². The van der Waals surface area contributed by atoms with Crippen LogP contribution in [0.1, 0.15) is 11.9 Å². The number of anilines is 2. The summed E-state index contributed by atoms with van der Waals surface area (Å²) in [4.78, 5) is 20.6. The minimum atomic E-state index is -0.264. The quantitative estimate of drug-likeness (QED) is 0.335. The third-order valence-corrected chi connectivity index (χ3v) is 5.94. The van der Waals surface area contributed by atoms with Crippen molar-refractivity contribution in [3.05, 3.63) is 83.3 Å². The summed E-state index contributed by atoms with van der Waals surface area (Å²) in [6.07, 6.45) is 1.55. The third-order valence-electron chi connectivity index (χ3n) is 5.25. The molecule has 2 N–H and O–H groups in total. The number of hydrogen-bond donors (Lipinski definition) is 2. The molecule has 3 heterocycles. The van der Waals surface area contributed by atoms with E-state index in [4.69, 9.17) is 9.72 Å². The molecule has 0 spiro atoms. The molecule has 7 nitrogen and oxygen atoms in total. The molecule has 0 radical (unpaired) electrons. The Bertz CT molecular complexity index is 1450. The number of nitrogens with zero attached hydrogens (tertiary/aromatic N) is 3. The van der Waals surface area contributed by atoms with Crippen molar-refractivity contribution in [2.45, 2.75) is 0 Å². The van der Waals surface area contributed by atoms with Gasteiger partial charge in [0.15, 0.2) is 0 Å². The number of fused-ring (bicyclic) bond motifs is 1. The number of aromatic nitrogens is 3. The van der Waals surface area contributed by atoms with Crippen molar-refractivity contribution >= 4 is 39.9 Å². The lowest BCUT2D eigenvalue weighted by atomic mass is 10.1. The molecule has 166 valence electrons. The van der Waals surface area contributed by atoms with E-state index in [1.54, 1.807) is 36.7 Å². The second-order valence-electron chi connectivity index (χ2n) is 7.42. The lowest BCUT2D eigenvalue weighted by Crippen LogP contribution is -2.18. The average molecular weight is 458 g/mol. The molecular weight excluding hydrogens is 434 g/mol. The number of ether oxygens (including phenoxy) is 1. The molecule has 0 aliphatic carbocycles. The summed E-state index contributed by atoms with van der Waals surface area (Å²) in [7, 11) is 3.54. The number of pyridine rings is 1. The van der Waals surface area contributed by atoms with E-state index < -0.39 is 0 Å². The largest absolute Gasteiger partial charge is 0.457 e. The molecule has 2 aromatic carbocycles. The van der Waals surface area contributed by atoms with Gasteiger partial charge >= 0.3 is 0 Å². The Hall–Kier alpha value is -4.17. The van der Waals surface area contributed by atoms with Crippen LogP contribution in [0.4, 0.5) is 11.6 Å². The predicted octanol–water partition coefficient (Wildman–Crippen LogP) is 5.84. The molecule has 0 saturated carbocycles. The van der Waals surface area contributed by atoms with E-state index in [0.717, 1.165) is 28.2 Å². The van der Waals surface area contributed by atoms with Gasteiger partial charge in [-0.15, -0.1) is 0 Å². The maximum Gasteiger partial charge on any atom is 0.269 e. The Kier molecular flexibility index (Phi) is 5.50. The van der Waals surface area contributed by atoms with Crippen molar-refractivity contribution in [2.75, 3.05) is 12.4 Å². The van der Waals surface area contributed by atoms with Crippen LogP contribution in [0, 0.1) is 0 Å². The lowest BCUT2D eigenvalue weighted by molar-refractivity contribution is 0.0958. The molecule has 0 saturated heterocycles. The minimum Gasteiger partial charge on any atom is -0.457 e. The van der Waals surface area contributed by atoms with Crippen molar-refractivity contribution in [3.63, 3.8) is 0 Å².